The fourth-order valence-corrected chi connectivity index (χ4v) is 0.519. The Balaban J connectivity index is 0.000000292. The standard InChI is InChI=1S/C6H6N2.2ClH.Pt/c7-5-2-1-3-6(8)4-5;;;/h1-4,7-8H;2*1H;/q-2;;;+4/p-2. The van der Waals surface area contributed by atoms with Gasteiger partial charge in [0.1, 0.15) is 0 Å². The molecule has 2 N–H and O–H groups in total. The SMILES string of the molecule is [Cl][Pt+2][Cl].[NH-]c1cccc([NH-])c1. The monoisotopic (exact) mass is 371 g/mol. The van der Waals surface area contributed by atoms with Crippen LogP contribution in [0, 0.1) is 0 Å². The summed E-state index contributed by atoms with van der Waals surface area (Å²) in [6.07, 6.45) is 0. The molecule has 0 radical (unpaired) electrons. The van der Waals surface area contributed by atoms with Crippen molar-refractivity contribution in [2.24, 2.45) is 0 Å². The van der Waals surface area contributed by atoms with Gasteiger partial charge in [-0.3, -0.25) is 0 Å². The summed E-state index contributed by atoms with van der Waals surface area (Å²) in [5.41, 5.74) is 14.8. The molecule has 0 aromatic heterocycles. The number of halogens is 2. The zero-order chi connectivity index (χ0) is 8.69. The number of nitrogens with one attached hydrogen (secondary N) is 2. The molecule has 0 heterocycles. The van der Waals surface area contributed by atoms with Gasteiger partial charge < -0.3 is 11.5 Å². The van der Waals surface area contributed by atoms with Crippen molar-refractivity contribution in [1.82, 2.24) is 0 Å². The molecule has 0 aliphatic heterocycles. The van der Waals surface area contributed by atoms with Gasteiger partial charge in [-0.2, -0.15) is 0 Å². The first-order chi connectivity index (χ1) is 5.20. The first-order valence-corrected chi connectivity index (χ1v) is 8.19. The van der Waals surface area contributed by atoms with Gasteiger partial charge in [0.15, 0.2) is 0 Å². The molecule has 0 fully saturated rings. The predicted molar refractivity (Wildman–Crippen MR) is 46.1 cm³/mol. The Bertz CT molecular complexity index is 190. The maximum atomic E-state index is 7.02. The van der Waals surface area contributed by atoms with E-state index in [0.717, 1.165) is 0 Å². The van der Waals surface area contributed by atoms with Gasteiger partial charge in [-0.05, 0) is 0 Å². The Morgan fingerprint density at radius 1 is 1.09 bits per heavy atom. The van der Waals surface area contributed by atoms with Crippen molar-refractivity contribution in [2.45, 2.75) is 0 Å². The minimum Gasteiger partial charge on any atom is -0.699 e. The van der Waals surface area contributed by atoms with E-state index in [0.29, 0.717) is 11.4 Å². The molecule has 0 aliphatic carbocycles. The van der Waals surface area contributed by atoms with E-state index < -0.39 is 16.5 Å². The average Bonchev–Trinajstić information content (AvgIpc) is 1.88. The Morgan fingerprint density at radius 2 is 1.45 bits per heavy atom. The maximum absolute atomic E-state index is 7.02. The van der Waals surface area contributed by atoms with Crippen molar-refractivity contribution in [3.05, 3.63) is 35.7 Å². The summed E-state index contributed by atoms with van der Waals surface area (Å²) in [7, 11) is 9.75. The van der Waals surface area contributed by atoms with Gasteiger partial charge in [-0.1, -0.05) is 24.3 Å². The third-order valence-electron chi connectivity index (χ3n) is 0.863. The van der Waals surface area contributed by atoms with Crippen LogP contribution in [0.4, 0.5) is 11.4 Å². The van der Waals surface area contributed by atoms with Gasteiger partial charge in [0.05, 0.1) is 0 Å². The Morgan fingerprint density at radius 3 is 1.64 bits per heavy atom. The molecule has 0 unspecified atom stereocenters. The number of hydrogen-bond donors (Lipinski definition) is 0. The third kappa shape index (κ3) is 6.48. The molecule has 11 heavy (non-hydrogen) atoms. The number of rotatable bonds is 0. The third-order valence-corrected chi connectivity index (χ3v) is 0.863. The molecule has 5 heteroatoms. The van der Waals surface area contributed by atoms with Gasteiger partial charge in [0.2, 0.25) is 0 Å². The first-order valence-electron chi connectivity index (χ1n) is 2.56. The van der Waals surface area contributed by atoms with Crippen molar-refractivity contribution in [2.75, 3.05) is 0 Å². The molecule has 2 nitrogen and oxygen atoms in total. The van der Waals surface area contributed by atoms with E-state index in [2.05, 4.69) is 0 Å². The van der Waals surface area contributed by atoms with Crippen LogP contribution in [-0.2, 0) is 16.5 Å². The van der Waals surface area contributed by atoms with Crippen LogP contribution >= 0.6 is 18.8 Å². The van der Waals surface area contributed by atoms with E-state index in [9.17, 15) is 0 Å². The quantitative estimate of drug-likeness (QED) is 0.647. The van der Waals surface area contributed by atoms with E-state index in [4.69, 9.17) is 30.3 Å². The van der Waals surface area contributed by atoms with Crippen molar-refractivity contribution in [3.63, 3.8) is 0 Å². The smallest absolute Gasteiger partial charge is 0.0647 e. The van der Waals surface area contributed by atoms with E-state index >= 15 is 0 Å². The van der Waals surface area contributed by atoms with Crippen LogP contribution in [-0.4, -0.2) is 0 Å². The van der Waals surface area contributed by atoms with Crippen molar-refractivity contribution in [3.8, 4) is 0 Å². The van der Waals surface area contributed by atoms with Crippen LogP contribution in [0.3, 0.4) is 0 Å². The van der Waals surface area contributed by atoms with Gasteiger partial charge in [0.25, 0.3) is 0 Å². The summed E-state index contributed by atoms with van der Waals surface area (Å²) >= 11 is -0.472. The Kier molecular flexibility index (Phi) is 6.83. The molecule has 1 aromatic rings. The van der Waals surface area contributed by atoms with Gasteiger partial charge >= 0.3 is 35.3 Å². The minimum atomic E-state index is -0.472. The number of hydrogen-bond acceptors (Lipinski definition) is 0. The predicted octanol–water partition coefficient (Wildman–Crippen LogP) is 4.43. The molecule has 0 saturated carbocycles. The van der Waals surface area contributed by atoms with Crippen molar-refractivity contribution in [1.29, 1.82) is 0 Å². The fraction of sp³-hybridized carbons (Fsp3) is 0. The summed E-state index contributed by atoms with van der Waals surface area (Å²) in [4.78, 5) is 0. The largest absolute Gasteiger partial charge is 0.699 e. The van der Waals surface area contributed by atoms with Crippen molar-refractivity contribution < 1.29 is 16.5 Å². The molecule has 0 spiro atoms. The molecule has 1 aromatic carbocycles. The molecule has 0 atom stereocenters. The Hall–Kier alpha value is 0.0883. The number of benzene rings is 1. The summed E-state index contributed by atoms with van der Waals surface area (Å²) in [5.74, 6) is 0. The molecular weight excluding hydrogens is 366 g/mol. The molecule has 1 rings (SSSR count). The molecule has 64 valence electrons. The second-order valence-corrected chi connectivity index (χ2v) is 4.91. The van der Waals surface area contributed by atoms with Crippen LogP contribution in [0.1, 0.15) is 0 Å². The van der Waals surface area contributed by atoms with E-state index in [1.165, 1.54) is 6.07 Å². The zero-order valence-corrected chi connectivity index (χ0v) is 9.17. The minimum absolute atomic E-state index is 0.400. The second kappa shape index (κ2) is 6.78. The van der Waals surface area contributed by atoms with Gasteiger partial charge in [0, 0.05) is 0 Å². The fourth-order valence-electron chi connectivity index (χ4n) is 0.519. The van der Waals surface area contributed by atoms with Crippen LogP contribution < -0.4 is 0 Å². The molecule has 0 amide bonds. The first kappa shape index (κ1) is 11.1. The zero-order valence-electron chi connectivity index (χ0n) is 5.38. The van der Waals surface area contributed by atoms with E-state index in [-0.39, 0.29) is 0 Å². The van der Waals surface area contributed by atoms with Gasteiger partial charge in [-0.15, -0.1) is 11.4 Å². The topological polar surface area (TPSA) is 47.6 Å². The van der Waals surface area contributed by atoms with Gasteiger partial charge in [-0.25, -0.2) is 0 Å². The van der Waals surface area contributed by atoms with Crippen LogP contribution in [0.25, 0.3) is 11.5 Å². The summed E-state index contributed by atoms with van der Waals surface area (Å²) in [6.45, 7) is 0. The summed E-state index contributed by atoms with van der Waals surface area (Å²) in [5, 5.41) is 0. The normalized spacial score (nSPS) is 8.55. The molecular formula is C6H6Cl2N2Pt. The molecule has 0 aliphatic rings. The Labute approximate surface area is 82.2 Å². The van der Waals surface area contributed by atoms with Crippen LogP contribution in [0.5, 0.6) is 0 Å². The maximum Gasteiger partial charge on any atom is -0.0647 e. The summed E-state index contributed by atoms with van der Waals surface area (Å²) < 4.78 is 0. The second-order valence-electron chi connectivity index (χ2n) is 1.63. The van der Waals surface area contributed by atoms with Crippen LogP contribution in [0.2, 0.25) is 0 Å². The van der Waals surface area contributed by atoms with E-state index in [1.807, 2.05) is 0 Å². The summed E-state index contributed by atoms with van der Waals surface area (Å²) in [6, 6.07) is 6.50. The molecule has 0 bridgehead atoms. The average molecular weight is 372 g/mol. The van der Waals surface area contributed by atoms with Crippen molar-refractivity contribution >= 4 is 30.2 Å². The van der Waals surface area contributed by atoms with E-state index in [1.54, 1.807) is 18.2 Å². The molecule has 0 saturated heterocycles. The van der Waals surface area contributed by atoms with Crippen LogP contribution in [0.15, 0.2) is 24.3 Å².